The smallest absolute Gasteiger partial charge is 0.282 e. The van der Waals surface area contributed by atoms with Crippen LogP contribution in [0.15, 0.2) is 54.6 Å². The SMILES string of the molecule is C[C@@H]1CC[C@@H]2C(=O)N(N(CC(=O)c3ccccc3)C(=O)c3ccccc3[N+](=O)[O-])C(=O)[C@H]2C1. The van der Waals surface area contributed by atoms with E-state index in [2.05, 4.69) is 0 Å². The van der Waals surface area contributed by atoms with Crippen molar-refractivity contribution in [3.8, 4) is 0 Å². The quantitative estimate of drug-likeness (QED) is 0.289. The summed E-state index contributed by atoms with van der Waals surface area (Å²) >= 11 is 0. The minimum atomic E-state index is -0.944. The molecule has 33 heavy (non-hydrogen) atoms. The van der Waals surface area contributed by atoms with Crippen molar-refractivity contribution in [3.05, 3.63) is 75.8 Å². The van der Waals surface area contributed by atoms with E-state index in [0.717, 1.165) is 16.4 Å². The van der Waals surface area contributed by atoms with Crippen molar-refractivity contribution >= 4 is 29.2 Å². The molecule has 0 bridgehead atoms. The highest BCUT2D eigenvalue weighted by molar-refractivity contribution is 6.10. The molecule has 2 aromatic carbocycles. The van der Waals surface area contributed by atoms with E-state index < -0.39 is 52.5 Å². The van der Waals surface area contributed by atoms with Crippen molar-refractivity contribution in [2.75, 3.05) is 6.54 Å². The maximum absolute atomic E-state index is 13.5. The number of nitro benzene ring substituents is 1. The summed E-state index contributed by atoms with van der Waals surface area (Å²) in [6.45, 7) is 1.41. The first-order chi connectivity index (χ1) is 15.8. The van der Waals surface area contributed by atoms with Crippen molar-refractivity contribution in [1.29, 1.82) is 0 Å². The summed E-state index contributed by atoms with van der Waals surface area (Å²) in [7, 11) is 0. The van der Waals surface area contributed by atoms with Gasteiger partial charge in [0.05, 0.1) is 16.8 Å². The van der Waals surface area contributed by atoms with E-state index in [1.807, 2.05) is 6.92 Å². The number of carbonyl (C=O) groups excluding carboxylic acids is 4. The van der Waals surface area contributed by atoms with Gasteiger partial charge in [0.1, 0.15) is 12.1 Å². The van der Waals surface area contributed by atoms with Gasteiger partial charge in [0.2, 0.25) is 0 Å². The first kappa shape index (κ1) is 22.3. The number of Topliss-reactive ketones (excluding diaryl/α,β-unsaturated/α-hetero) is 1. The number of ketones is 1. The van der Waals surface area contributed by atoms with Crippen LogP contribution >= 0.6 is 0 Å². The van der Waals surface area contributed by atoms with Crippen LogP contribution in [-0.2, 0) is 9.59 Å². The highest BCUT2D eigenvalue weighted by Gasteiger charge is 2.53. The first-order valence-corrected chi connectivity index (χ1v) is 10.8. The summed E-state index contributed by atoms with van der Waals surface area (Å²) in [5.74, 6) is -3.37. The molecule has 1 aliphatic carbocycles. The molecule has 9 nitrogen and oxygen atoms in total. The summed E-state index contributed by atoms with van der Waals surface area (Å²) < 4.78 is 0. The fraction of sp³-hybridized carbons (Fsp3) is 0.333. The zero-order chi connectivity index (χ0) is 23.7. The van der Waals surface area contributed by atoms with Gasteiger partial charge in [0.15, 0.2) is 5.78 Å². The number of hydrogen-bond acceptors (Lipinski definition) is 6. The number of amides is 3. The Bertz CT molecular complexity index is 1130. The standard InChI is InChI=1S/C24H23N3O6/c1-15-11-12-17-19(13-15)24(31)26(23(17)30)25(14-21(28)16-7-3-2-4-8-16)22(29)18-9-5-6-10-20(18)27(32)33/h2-10,15,17,19H,11-14H2,1H3/t15-,17+,19+/m1/s1. The van der Waals surface area contributed by atoms with Crippen LogP contribution in [0.3, 0.4) is 0 Å². The van der Waals surface area contributed by atoms with Crippen LogP contribution in [0.25, 0.3) is 0 Å². The number of hydrogen-bond donors (Lipinski definition) is 0. The molecule has 9 heteroatoms. The highest BCUT2D eigenvalue weighted by atomic mass is 16.6. The van der Waals surface area contributed by atoms with Crippen molar-refractivity contribution < 1.29 is 24.1 Å². The lowest BCUT2D eigenvalue weighted by Crippen LogP contribution is -2.52. The fourth-order valence-corrected chi connectivity index (χ4v) is 4.65. The summed E-state index contributed by atoms with van der Waals surface area (Å²) in [5.41, 5.74) is -0.472. The number of fused-ring (bicyclic) bond motifs is 1. The van der Waals surface area contributed by atoms with Gasteiger partial charge in [-0.1, -0.05) is 49.4 Å². The summed E-state index contributed by atoms with van der Waals surface area (Å²) in [5, 5.41) is 13.0. The molecule has 2 fully saturated rings. The Balaban J connectivity index is 1.74. The Morgan fingerprint density at radius 3 is 2.33 bits per heavy atom. The van der Waals surface area contributed by atoms with Crippen LogP contribution in [0.1, 0.15) is 46.9 Å². The molecule has 1 saturated carbocycles. The number of imide groups is 1. The molecule has 3 amide bonds. The molecule has 170 valence electrons. The monoisotopic (exact) mass is 449 g/mol. The number of nitro groups is 1. The van der Waals surface area contributed by atoms with E-state index in [9.17, 15) is 29.3 Å². The third-order valence-corrected chi connectivity index (χ3v) is 6.36. The van der Waals surface area contributed by atoms with E-state index in [1.165, 1.54) is 24.3 Å². The molecule has 4 rings (SSSR count). The topological polar surface area (TPSA) is 118 Å². The number of hydrazine groups is 1. The number of para-hydroxylation sites is 1. The molecule has 2 aliphatic rings. The Morgan fingerprint density at radius 2 is 1.64 bits per heavy atom. The van der Waals surface area contributed by atoms with Crippen LogP contribution in [0, 0.1) is 27.9 Å². The Kier molecular flexibility index (Phi) is 6.04. The highest BCUT2D eigenvalue weighted by Crippen LogP contribution is 2.41. The van der Waals surface area contributed by atoms with Gasteiger partial charge in [-0.2, -0.15) is 5.01 Å². The molecule has 3 atom stereocenters. The average Bonchev–Trinajstić information content (AvgIpc) is 3.06. The molecule has 1 heterocycles. The van der Waals surface area contributed by atoms with Gasteiger partial charge in [-0.05, 0) is 31.2 Å². The summed E-state index contributed by atoms with van der Waals surface area (Å²) in [6, 6.07) is 13.4. The van der Waals surface area contributed by atoms with E-state index >= 15 is 0 Å². The largest absolute Gasteiger partial charge is 0.292 e. The van der Waals surface area contributed by atoms with Gasteiger partial charge in [0.25, 0.3) is 23.4 Å². The van der Waals surface area contributed by atoms with Gasteiger partial charge in [-0.3, -0.25) is 29.3 Å². The molecule has 1 saturated heterocycles. The zero-order valence-corrected chi connectivity index (χ0v) is 18.0. The number of nitrogens with zero attached hydrogens (tertiary/aromatic N) is 3. The van der Waals surface area contributed by atoms with Crippen molar-refractivity contribution in [2.24, 2.45) is 17.8 Å². The lowest BCUT2D eigenvalue weighted by molar-refractivity contribution is -0.385. The van der Waals surface area contributed by atoms with Gasteiger partial charge < -0.3 is 0 Å². The molecule has 0 radical (unpaired) electrons. The molecule has 1 aliphatic heterocycles. The second kappa shape index (κ2) is 8.93. The van der Waals surface area contributed by atoms with E-state index in [4.69, 9.17) is 0 Å². The van der Waals surface area contributed by atoms with Crippen LogP contribution in [0.4, 0.5) is 5.69 Å². The maximum Gasteiger partial charge on any atom is 0.282 e. The van der Waals surface area contributed by atoms with Crippen molar-refractivity contribution in [3.63, 3.8) is 0 Å². The van der Waals surface area contributed by atoms with Crippen molar-refractivity contribution in [2.45, 2.75) is 26.2 Å². The number of benzene rings is 2. The molecule has 2 aromatic rings. The summed E-state index contributed by atoms with van der Waals surface area (Å²) in [4.78, 5) is 63.8. The van der Waals surface area contributed by atoms with Crippen LogP contribution < -0.4 is 0 Å². The second-order valence-electron chi connectivity index (χ2n) is 8.55. The van der Waals surface area contributed by atoms with Gasteiger partial charge in [0, 0.05) is 11.6 Å². The molecule has 0 unspecified atom stereocenters. The van der Waals surface area contributed by atoms with Crippen LogP contribution in [0.2, 0.25) is 0 Å². The minimum absolute atomic E-state index is 0.258. The maximum atomic E-state index is 13.5. The van der Waals surface area contributed by atoms with Crippen molar-refractivity contribution in [1.82, 2.24) is 10.0 Å². The third-order valence-electron chi connectivity index (χ3n) is 6.36. The lowest BCUT2D eigenvalue weighted by atomic mass is 9.76. The molecular weight excluding hydrogens is 426 g/mol. The predicted molar refractivity (Wildman–Crippen MR) is 117 cm³/mol. The second-order valence-corrected chi connectivity index (χ2v) is 8.55. The van der Waals surface area contributed by atoms with Gasteiger partial charge in [-0.25, -0.2) is 5.01 Å². The summed E-state index contributed by atoms with van der Waals surface area (Å²) in [6.07, 6.45) is 1.83. The first-order valence-electron chi connectivity index (χ1n) is 10.8. The number of rotatable bonds is 6. The van der Waals surface area contributed by atoms with Gasteiger partial charge in [-0.15, -0.1) is 0 Å². The van der Waals surface area contributed by atoms with E-state index in [-0.39, 0.29) is 11.5 Å². The molecule has 0 spiro atoms. The van der Waals surface area contributed by atoms with Crippen LogP contribution in [0.5, 0.6) is 0 Å². The predicted octanol–water partition coefficient (Wildman–Crippen LogP) is 3.26. The normalized spacial score (nSPS) is 22.1. The van der Waals surface area contributed by atoms with Gasteiger partial charge >= 0.3 is 0 Å². The fourth-order valence-electron chi connectivity index (χ4n) is 4.65. The third kappa shape index (κ3) is 4.13. The Morgan fingerprint density at radius 1 is 1.00 bits per heavy atom. The minimum Gasteiger partial charge on any atom is -0.292 e. The number of carbonyl (C=O) groups is 4. The van der Waals surface area contributed by atoms with Crippen LogP contribution in [-0.4, -0.2) is 45.0 Å². The molecule has 0 aromatic heterocycles. The van der Waals surface area contributed by atoms with E-state index in [0.29, 0.717) is 18.4 Å². The molecule has 0 N–H and O–H groups in total. The zero-order valence-electron chi connectivity index (χ0n) is 18.0. The van der Waals surface area contributed by atoms with E-state index in [1.54, 1.807) is 30.3 Å². The lowest BCUT2D eigenvalue weighted by Gasteiger charge is -2.30. The Labute approximate surface area is 190 Å². The Hall–Kier alpha value is -3.88. The average molecular weight is 449 g/mol. The molecular formula is C24H23N3O6.